The molecule has 2 rings (SSSR count). The van der Waals surface area contributed by atoms with E-state index in [0.717, 1.165) is 6.42 Å². The van der Waals surface area contributed by atoms with Crippen molar-refractivity contribution in [2.45, 2.75) is 13.3 Å². The third-order valence-corrected chi connectivity index (χ3v) is 3.01. The maximum atomic E-state index is 12.0. The van der Waals surface area contributed by atoms with Gasteiger partial charge in [0.1, 0.15) is 5.75 Å². The zero-order chi connectivity index (χ0) is 14.4. The number of ether oxygens (including phenoxy) is 1. The van der Waals surface area contributed by atoms with E-state index in [9.17, 15) is 4.79 Å². The van der Waals surface area contributed by atoms with Crippen LogP contribution in [0, 0.1) is 11.3 Å². The van der Waals surface area contributed by atoms with Gasteiger partial charge in [0.25, 0.3) is 0 Å². The van der Waals surface area contributed by atoms with Crippen molar-refractivity contribution in [2.24, 2.45) is 0 Å². The van der Waals surface area contributed by atoms with Crippen LogP contribution in [0.5, 0.6) is 5.75 Å². The summed E-state index contributed by atoms with van der Waals surface area (Å²) in [5.41, 5.74) is 2.27. The second kappa shape index (κ2) is 6.53. The third kappa shape index (κ3) is 3.46. The third-order valence-electron chi connectivity index (χ3n) is 3.01. The highest BCUT2D eigenvalue weighted by molar-refractivity contribution is 5.97. The molecule has 0 fully saturated rings. The Balaban J connectivity index is 1.99. The van der Waals surface area contributed by atoms with Crippen molar-refractivity contribution < 1.29 is 9.53 Å². The SMILES string of the molecule is CCc1cccc(OCC(=O)c2ccc(C#N)cc2)c1. The molecule has 0 unspecified atom stereocenters. The topological polar surface area (TPSA) is 50.1 Å². The van der Waals surface area contributed by atoms with Crippen molar-refractivity contribution in [3.05, 3.63) is 65.2 Å². The van der Waals surface area contributed by atoms with E-state index in [4.69, 9.17) is 10.00 Å². The first-order valence-electron chi connectivity index (χ1n) is 6.48. The minimum Gasteiger partial charge on any atom is -0.485 e. The summed E-state index contributed by atoms with van der Waals surface area (Å²) < 4.78 is 5.51. The number of carbonyl (C=O) groups excluding carboxylic acids is 1. The van der Waals surface area contributed by atoms with Crippen LogP contribution >= 0.6 is 0 Å². The van der Waals surface area contributed by atoms with E-state index >= 15 is 0 Å². The Hall–Kier alpha value is -2.60. The van der Waals surface area contributed by atoms with E-state index in [1.807, 2.05) is 30.3 Å². The van der Waals surface area contributed by atoms with Crippen LogP contribution < -0.4 is 4.74 Å². The maximum absolute atomic E-state index is 12.0. The lowest BCUT2D eigenvalue weighted by molar-refractivity contribution is 0.0921. The molecule has 100 valence electrons. The van der Waals surface area contributed by atoms with Gasteiger partial charge in [-0.2, -0.15) is 5.26 Å². The molecule has 0 aliphatic carbocycles. The van der Waals surface area contributed by atoms with Crippen LogP contribution in [0.15, 0.2) is 48.5 Å². The van der Waals surface area contributed by atoms with Crippen LogP contribution in [0.25, 0.3) is 0 Å². The normalized spacial score (nSPS) is 9.80. The highest BCUT2D eigenvalue weighted by Gasteiger charge is 2.07. The monoisotopic (exact) mass is 265 g/mol. The molecule has 0 atom stereocenters. The molecule has 2 aromatic carbocycles. The van der Waals surface area contributed by atoms with Crippen molar-refractivity contribution in [2.75, 3.05) is 6.61 Å². The molecular formula is C17H15NO2. The summed E-state index contributed by atoms with van der Waals surface area (Å²) >= 11 is 0. The van der Waals surface area contributed by atoms with Gasteiger partial charge >= 0.3 is 0 Å². The fraction of sp³-hybridized carbons (Fsp3) is 0.176. The smallest absolute Gasteiger partial charge is 0.200 e. The number of hydrogen-bond donors (Lipinski definition) is 0. The predicted octanol–water partition coefficient (Wildman–Crippen LogP) is 3.38. The molecule has 0 N–H and O–H groups in total. The van der Waals surface area contributed by atoms with Gasteiger partial charge in [-0.3, -0.25) is 4.79 Å². The first-order chi connectivity index (χ1) is 9.72. The lowest BCUT2D eigenvalue weighted by atomic mass is 10.1. The van der Waals surface area contributed by atoms with E-state index in [2.05, 4.69) is 6.92 Å². The maximum Gasteiger partial charge on any atom is 0.200 e. The number of nitrogens with zero attached hydrogens (tertiary/aromatic N) is 1. The average molecular weight is 265 g/mol. The van der Waals surface area contributed by atoms with Crippen LogP contribution in [0.2, 0.25) is 0 Å². The average Bonchev–Trinajstić information content (AvgIpc) is 2.53. The molecule has 3 heteroatoms. The zero-order valence-electron chi connectivity index (χ0n) is 11.3. The van der Waals surface area contributed by atoms with Crippen LogP contribution in [-0.2, 0) is 6.42 Å². The van der Waals surface area contributed by atoms with Gasteiger partial charge in [0, 0.05) is 5.56 Å². The van der Waals surface area contributed by atoms with Crippen molar-refractivity contribution in [3.63, 3.8) is 0 Å². The van der Waals surface area contributed by atoms with Gasteiger partial charge < -0.3 is 4.74 Å². The Morgan fingerprint density at radius 2 is 1.95 bits per heavy atom. The molecule has 20 heavy (non-hydrogen) atoms. The van der Waals surface area contributed by atoms with Gasteiger partial charge in [-0.1, -0.05) is 19.1 Å². The summed E-state index contributed by atoms with van der Waals surface area (Å²) in [7, 11) is 0. The molecule has 0 aliphatic rings. The number of ketones is 1. The second-order valence-corrected chi connectivity index (χ2v) is 4.40. The number of hydrogen-bond acceptors (Lipinski definition) is 3. The number of nitriles is 1. The van der Waals surface area contributed by atoms with Crippen molar-refractivity contribution in [1.82, 2.24) is 0 Å². The zero-order valence-corrected chi connectivity index (χ0v) is 11.3. The van der Waals surface area contributed by atoms with E-state index in [-0.39, 0.29) is 12.4 Å². The summed E-state index contributed by atoms with van der Waals surface area (Å²) in [6.45, 7) is 2.07. The van der Waals surface area contributed by atoms with E-state index in [1.165, 1.54) is 5.56 Å². The Morgan fingerprint density at radius 3 is 2.60 bits per heavy atom. The molecule has 0 aromatic heterocycles. The Bertz CT molecular complexity index is 639. The van der Waals surface area contributed by atoms with Gasteiger partial charge in [0.15, 0.2) is 12.4 Å². The molecule has 0 spiro atoms. The van der Waals surface area contributed by atoms with Gasteiger partial charge in [-0.15, -0.1) is 0 Å². The molecular weight excluding hydrogens is 250 g/mol. The van der Waals surface area contributed by atoms with Gasteiger partial charge in [0.05, 0.1) is 11.6 Å². The van der Waals surface area contributed by atoms with E-state index in [0.29, 0.717) is 16.9 Å². The van der Waals surface area contributed by atoms with Crippen molar-refractivity contribution in [1.29, 1.82) is 5.26 Å². The number of benzene rings is 2. The first-order valence-corrected chi connectivity index (χ1v) is 6.48. The van der Waals surface area contributed by atoms with Crippen LogP contribution in [0.4, 0.5) is 0 Å². The minimum atomic E-state index is -0.101. The van der Waals surface area contributed by atoms with Crippen molar-refractivity contribution in [3.8, 4) is 11.8 Å². The van der Waals surface area contributed by atoms with Gasteiger partial charge in [0.2, 0.25) is 0 Å². The van der Waals surface area contributed by atoms with Crippen molar-refractivity contribution >= 4 is 5.78 Å². The summed E-state index contributed by atoms with van der Waals surface area (Å²) in [5, 5.41) is 8.71. The summed E-state index contributed by atoms with van der Waals surface area (Å²) in [5.74, 6) is 0.600. The lowest BCUT2D eigenvalue weighted by Crippen LogP contribution is -2.11. The molecule has 0 saturated carbocycles. The quantitative estimate of drug-likeness (QED) is 0.779. The Kier molecular flexibility index (Phi) is 4.52. The van der Waals surface area contributed by atoms with Crippen LogP contribution in [0.3, 0.4) is 0 Å². The lowest BCUT2D eigenvalue weighted by Gasteiger charge is -2.07. The summed E-state index contributed by atoms with van der Waals surface area (Å²) in [6.07, 6.45) is 0.931. The number of carbonyl (C=O) groups is 1. The van der Waals surface area contributed by atoms with E-state index in [1.54, 1.807) is 24.3 Å². The largest absolute Gasteiger partial charge is 0.485 e. The number of aryl methyl sites for hydroxylation is 1. The molecule has 0 aliphatic heterocycles. The highest BCUT2D eigenvalue weighted by atomic mass is 16.5. The Labute approximate surface area is 118 Å². The summed E-state index contributed by atoms with van der Waals surface area (Å²) in [6, 6.07) is 16.3. The van der Waals surface area contributed by atoms with Gasteiger partial charge in [-0.25, -0.2) is 0 Å². The van der Waals surface area contributed by atoms with Crippen LogP contribution in [-0.4, -0.2) is 12.4 Å². The van der Waals surface area contributed by atoms with Gasteiger partial charge in [-0.05, 0) is 48.4 Å². The van der Waals surface area contributed by atoms with Crippen LogP contribution in [0.1, 0.15) is 28.4 Å². The predicted molar refractivity (Wildman–Crippen MR) is 76.8 cm³/mol. The van der Waals surface area contributed by atoms with E-state index < -0.39 is 0 Å². The molecule has 0 saturated heterocycles. The molecule has 0 bridgehead atoms. The molecule has 2 aromatic rings. The second-order valence-electron chi connectivity index (χ2n) is 4.40. The number of rotatable bonds is 5. The summed E-state index contributed by atoms with van der Waals surface area (Å²) in [4.78, 5) is 12.0. The minimum absolute atomic E-state index is 0.000925. The Morgan fingerprint density at radius 1 is 1.20 bits per heavy atom. The molecule has 0 amide bonds. The number of Topliss-reactive ketones (excluding diaryl/α,β-unsaturated/α-hetero) is 1. The highest BCUT2D eigenvalue weighted by Crippen LogP contribution is 2.14. The fourth-order valence-corrected chi connectivity index (χ4v) is 1.82. The molecule has 0 heterocycles. The first kappa shape index (κ1) is 13.8. The fourth-order valence-electron chi connectivity index (χ4n) is 1.82. The molecule has 0 radical (unpaired) electrons. The standard InChI is InChI=1S/C17H15NO2/c1-2-13-4-3-5-16(10-13)20-12-17(19)15-8-6-14(11-18)7-9-15/h3-10H,2,12H2,1H3. The molecule has 3 nitrogen and oxygen atoms in total.